The molecule has 38 heavy (non-hydrogen) atoms. The molecule has 1 aromatic carbocycles. The summed E-state index contributed by atoms with van der Waals surface area (Å²) in [6.07, 6.45) is 4.20. The van der Waals surface area contributed by atoms with Crippen LogP contribution in [0.15, 0.2) is 18.2 Å². The Hall–Kier alpha value is -3.10. The quantitative estimate of drug-likeness (QED) is 0.249. The van der Waals surface area contributed by atoms with Gasteiger partial charge < -0.3 is 25.0 Å². The van der Waals surface area contributed by atoms with E-state index in [0.29, 0.717) is 12.1 Å². The number of nitrogens with zero attached hydrogens (tertiary/aromatic N) is 1. The van der Waals surface area contributed by atoms with Gasteiger partial charge in [0.15, 0.2) is 0 Å². The lowest BCUT2D eigenvalue weighted by Crippen LogP contribution is -2.48. The Balaban J connectivity index is 3.23. The molecule has 1 unspecified atom stereocenters. The molecule has 1 rings (SSSR count). The maximum Gasteiger partial charge on any atom is 0.408 e. The third-order valence-corrected chi connectivity index (χ3v) is 5.83. The van der Waals surface area contributed by atoms with Gasteiger partial charge in [0, 0.05) is 13.1 Å². The first-order chi connectivity index (χ1) is 17.9. The number of rotatable bonds is 15. The molecule has 0 aromatic heterocycles. The highest BCUT2D eigenvalue weighted by molar-refractivity contribution is 5.91. The molecule has 0 bridgehead atoms. The van der Waals surface area contributed by atoms with Crippen molar-refractivity contribution in [1.29, 1.82) is 0 Å². The van der Waals surface area contributed by atoms with Gasteiger partial charge in [0.2, 0.25) is 11.8 Å². The Morgan fingerprint density at radius 3 is 2.29 bits per heavy atom. The van der Waals surface area contributed by atoms with Crippen LogP contribution >= 0.6 is 0 Å². The van der Waals surface area contributed by atoms with E-state index in [1.165, 1.54) is 4.90 Å². The molecule has 0 aliphatic rings. The molecule has 214 valence electrons. The van der Waals surface area contributed by atoms with Crippen LogP contribution in [0.1, 0.15) is 95.9 Å². The van der Waals surface area contributed by atoms with E-state index in [1.807, 2.05) is 32.0 Å². The second-order valence-electron chi connectivity index (χ2n) is 10.5. The number of carbonyl (C=O) groups is 4. The fourth-order valence-electron chi connectivity index (χ4n) is 3.97. The van der Waals surface area contributed by atoms with Crippen LogP contribution in [-0.4, -0.2) is 60.6 Å². The number of benzene rings is 1. The van der Waals surface area contributed by atoms with Crippen molar-refractivity contribution >= 4 is 23.9 Å². The number of unbranched alkanes of at least 4 members (excludes halogenated alkanes) is 4. The number of amides is 3. The van der Waals surface area contributed by atoms with E-state index in [2.05, 4.69) is 17.6 Å². The zero-order valence-corrected chi connectivity index (χ0v) is 24.3. The normalized spacial score (nSPS) is 11.9. The molecule has 0 fully saturated rings. The fourth-order valence-corrected chi connectivity index (χ4v) is 3.97. The lowest BCUT2D eigenvalue weighted by Gasteiger charge is -2.33. The van der Waals surface area contributed by atoms with Crippen LogP contribution in [0, 0.1) is 13.8 Å². The molecular formula is C29H47N3O6. The topological polar surface area (TPSA) is 114 Å². The molecule has 0 heterocycles. The van der Waals surface area contributed by atoms with Crippen molar-refractivity contribution in [1.82, 2.24) is 15.5 Å². The minimum absolute atomic E-state index is 0.0320. The van der Waals surface area contributed by atoms with E-state index in [1.54, 1.807) is 27.7 Å². The van der Waals surface area contributed by atoms with Crippen molar-refractivity contribution in [2.24, 2.45) is 0 Å². The second-order valence-corrected chi connectivity index (χ2v) is 10.5. The van der Waals surface area contributed by atoms with Gasteiger partial charge in [0.25, 0.3) is 0 Å². The number of carbonyl (C=O) groups excluding carboxylic acids is 4. The molecule has 0 aliphatic heterocycles. The van der Waals surface area contributed by atoms with E-state index in [-0.39, 0.29) is 32.0 Å². The van der Waals surface area contributed by atoms with Crippen molar-refractivity contribution in [3.8, 4) is 0 Å². The summed E-state index contributed by atoms with van der Waals surface area (Å²) in [7, 11) is 0. The van der Waals surface area contributed by atoms with Gasteiger partial charge in [0.1, 0.15) is 18.2 Å². The van der Waals surface area contributed by atoms with Crippen molar-refractivity contribution < 1.29 is 28.7 Å². The van der Waals surface area contributed by atoms with Crippen molar-refractivity contribution in [3.05, 3.63) is 34.9 Å². The number of esters is 1. The summed E-state index contributed by atoms with van der Waals surface area (Å²) < 4.78 is 10.2. The molecule has 3 amide bonds. The van der Waals surface area contributed by atoms with E-state index in [4.69, 9.17) is 9.47 Å². The fraction of sp³-hybridized carbons (Fsp3) is 0.655. The molecular weight excluding hydrogens is 486 g/mol. The first-order valence-electron chi connectivity index (χ1n) is 13.7. The number of aryl methyl sites for hydroxylation is 2. The van der Waals surface area contributed by atoms with Crippen LogP contribution in [0.4, 0.5) is 4.79 Å². The molecule has 2 N–H and O–H groups in total. The smallest absolute Gasteiger partial charge is 0.408 e. The Morgan fingerprint density at radius 2 is 1.66 bits per heavy atom. The zero-order chi connectivity index (χ0) is 28.7. The first kappa shape index (κ1) is 32.9. The van der Waals surface area contributed by atoms with Crippen LogP contribution in [0.3, 0.4) is 0 Å². The van der Waals surface area contributed by atoms with Gasteiger partial charge >= 0.3 is 12.1 Å². The SMILES string of the molecule is CCCCCCCN(C(=O)CNC(=O)OC(C)(C)C)C(C(=O)NCCC(=O)OCC)c1cc(C)ccc1C. The molecule has 0 spiro atoms. The third-order valence-electron chi connectivity index (χ3n) is 5.83. The minimum atomic E-state index is -0.920. The summed E-state index contributed by atoms with van der Waals surface area (Å²) in [5, 5.41) is 5.34. The highest BCUT2D eigenvalue weighted by atomic mass is 16.6. The highest BCUT2D eigenvalue weighted by Crippen LogP contribution is 2.27. The average Bonchev–Trinajstić information content (AvgIpc) is 2.82. The number of alkyl carbamates (subject to hydrolysis) is 1. The third kappa shape index (κ3) is 12.4. The van der Waals surface area contributed by atoms with Crippen LogP contribution in [0.5, 0.6) is 0 Å². The summed E-state index contributed by atoms with van der Waals surface area (Å²) in [6.45, 7) is 13.3. The Labute approximate surface area is 228 Å². The molecule has 9 nitrogen and oxygen atoms in total. The second kappa shape index (κ2) is 16.7. The number of hydrogen-bond donors (Lipinski definition) is 2. The standard InChI is InChI=1S/C29H47N3O6/c1-8-10-11-12-13-18-32(24(33)20-31-28(36)38-29(5,6)7)26(23-19-21(3)14-15-22(23)4)27(35)30-17-16-25(34)37-9-2/h14-15,19,26H,8-13,16-18,20H2,1-7H3,(H,30,35)(H,31,36). The van der Waals surface area contributed by atoms with Gasteiger partial charge in [-0.3, -0.25) is 14.4 Å². The molecule has 0 saturated heterocycles. The van der Waals surface area contributed by atoms with Crippen LogP contribution in [0.25, 0.3) is 0 Å². The number of hydrogen-bond acceptors (Lipinski definition) is 6. The summed E-state index contributed by atoms with van der Waals surface area (Å²) in [5.41, 5.74) is 1.83. The predicted octanol–water partition coefficient (Wildman–Crippen LogP) is 4.74. The lowest BCUT2D eigenvalue weighted by molar-refractivity contribution is -0.143. The van der Waals surface area contributed by atoms with E-state index >= 15 is 0 Å². The average molecular weight is 534 g/mol. The lowest BCUT2D eigenvalue weighted by atomic mass is 9.96. The summed E-state index contributed by atoms with van der Waals surface area (Å²) in [6, 6.07) is 4.86. The summed E-state index contributed by atoms with van der Waals surface area (Å²) >= 11 is 0. The summed E-state index contributed by atoms with van der Waals surface area (Å²) in [5.74, 6) is -1.18. The predicted molar refractivity (Wildman–Crippen MR) is 148 cm³/mol. The van der Waals surface area contributed by atoms with Crippen LogP contribution in [0.2, 0.25) is 0 Å². The van der Waals surface area contributed by atoms with Crippen molar-refractivity contribution in [2.75, 3.05) is 26.2 Å². The van der Waals surface area contributed by atoms with E-state index in [9.17, 15) is 19.2 Å². The maximum absolute atomic E-state index is 13.6. The van der Waals surface area contributed by atoms with Gasteiger partial charge in [-0.1, -0.05) is 56.4 Å². The molecule has 0 saturated carbocycles. The largest absolute Gasteiger partial charge is 0.466 e. The van der Waals surface area contributed by atoms with Gasteiger partial charge in [-0.25, -0.2) is 4.79 Å². The Bertz CT molecular complexity index is 925. The molecule has 9 heteroatoms. The van der Waals surface area contributed by atoms with Gasteiger partial charge in [-0.15, -0.1) is 0 Å². The van der Waals surface area contributed by atoms with Gasteiger partial charge in [-0.2, -0.15) is 0 Å². The van der Waals surface area contributed by atoms with E-state index in [0.717, 1.165) is 43.2 Å². The molecule has 1 aromatic rings. The molecule has 1 atom stereocenters. The minimum Gasteiger partial charge on any atom is -0.466 e. The number of nitrogens with one attached hydrogen (secondary N) is 2. The first-order valence-corrected chi connectivity index (χ1v) is 13.7. The highest BCUT2D eigenvalue weighted by Gasteiger charge is 2.32. The molecule has 0 aliphatic carbocycles. The van der Waals surface area contributed by atoms with Crippen molar-refractivity contribution in [3.63, 3.8) is 0 Å². The van der Waals surface area contributed by atoms with E-state index < -0.39 is 29.6 Å². The van der Waals surface area contributed by atoms with Gasteiger partial charge in [-0.05, 0) is 59.1 Å². The van der Waals surface area contributed by atoms with Gasteiger partial charge in [0.05, 0.1) is 13.0 Å². The monoisotopic (exact) mass is 533 g/mol. The van der Waals surface area contributed by atoms with Crippen LogP contribution < -0.4 is 10.6 Å². The zero-order valence-electron chi connectivity index (χ0n) is 24.3. The Morgan fingerprint density at radius 1 is 0.974 bits per heavy atom. The number of ether oxygens (including phenoxy) is 2. The van der Waals surface area contributed by atoms with Crippen LogP contribution in [-0.2, 0) is 23.9 Å². The molecule has 0 radical (unpaired) electrons. The summed E-state index contributed by atoms with van der Waals surface area (Å²) in [4.78, 5) is 52.6. The Kier molecular flexibility index (Phi) is 14.5. The maximum atomic E-state index is 13.6. The van der Waals surface area contributed by atoms with Crippen molar-refractivity contribution in [2.45, 2.75) is 98.6 Å².